The largest absolute Gasteiger partial charge is 0.477 e. The molecule has 0 saturated heterocycles. The van der Waals surface area contributed by atoms with Gasteiger partial charge in [0.1, 0.15) is 16.3 Å². The summed E-state index contributed by atoms with van der Waals surface area (Å²) in [5, 5.41) is 8.71. The van der Waals surface area contributed by atoms with Crippen molar-refractivity contribution >= 4 is 27.3 Å². The topological polar surface area (TPSA) is 96.4 Å². The second-order valence-electron chi connectivity index (χ2n) is 3.83. The van der Waals surface area contributed by atoms with Crippen molar-refractivity contribution in [2.24, 2.45) is 0 Å². The summed E-state index contributed by atoms with van der Waals surface area (Å²) in [6, 6.07) is 1.26. The van der Waals surface area contributed by atoms with Crippen LogP contribution in [0.1, 0.15) is 15.2 Å². The number of carbonyl (C=O) groups is 1. The van der Waals surface area contributed by atoms with E-state index in [1.165, 1.54) is 23.0 Å². The molecule has 0 amide bonds. The molecule has 0 atom stereocenters. The highest BCUT2D eigenvalue weighted by Gasteiger charge is 2.26. The fourth-order valence-corrected chi connectivity index (χ4v) is 3.22. The van der Waals surface area contributed by atoms with Gasteiger partial charge in [-0.2, -0.15) is 0 Å². The van der Waals surface area contributed by atoms with Gasteiger partial charge in [-0.1, -0.05) is 0 Å². The Balaban J connectivity index is 2.36. The van der Waals surface area contributed by atoms with Gasteiger partial charge in [0.25, 0.3) is 0 Å². The van der Waals surface area contributed by atoms with Gasteiger partial charge in [-0.15, -0.1) is 11.3 Å². The molecule has 1 heterocycles. The van der Waals surface area contributed by atoms with Gasteiger partial charge >= 0.3 is 5.97 Å². The molecule has 0 unspecified atom stereocenters. The lowest BCUT2D eigenvalue weighted by molar-refractivity contribution is 0.0685. The number of thiazole rings is 1. The third-order valence-corrected chi connectivity index (χ3v) is 4.68. The van der Waals surface area contributed by atoms with E-state index in [9.17, 15) is 22.0 Å². The maximum Gasteiger partial charge on any atom is 0.341 e. The average molecular weight is 334 g/mol. The number of hydrogen-bond acceptors (Lipinski definition) is 5. The zero-order valence-electron chi connectivity index (χ0n) is 10.2. The summed E-state index contributed by atoms with van der Waals surface area (Å²) >= 11 is 1.19. The molecule has 112 valence electrons. The quantitative estimate of drug-likeness (QED) is 0.866. The van der Waals surface area contributed by atoms with Gasteiger partial charge in [-0.3, -0.25) is 4.98 Å². The summed E-state index contributed by atoms with van der Waals surface area (Å²) in [6.45, 7) is -0.133. The Morgan fingerprint density at radius 1 is 1.38 bits per heavy atom. The molecule has 10 heteroatoms. The van der Waals surface area contributed by atoms with Gasteiger partial charge < -0.3 is 5.11 Å². The fraction of sp³-hybridized carbons (Fsp3) is 0.0909. The average Bonchev–Trinajstić information content (AvgIpc) is 2.88. The van der Waals surface area contributed by atoms with Crippen molar-refractivity contribution in [2.75, 3.05) is 0 Å². The minimum absolute atomic E-state index is 0.133. The van der Waals surface area contributed by atoms with Crippen LogP contribution >= 0.6 is 11.3 Å². The molecule has 0 bridgehead atoms. The number of halogens is 2. The van der Waals surface area contributed by atoms with Crippen LogP contribution in [0.3, 0.4) is 0 Å². The van der Waals surface area contributed by atoms with E-state index in [0.717, 1.165) is 0 Å². The first-order chi connectivity index (χ1) is 9.83. The number of benzene rings is 1. The summed E-state index contributed by atoms with van der Waals surface area (Å²) in [4.78, 5) is 14.2. The maximum absolute atomic E-state index is 13.9. The van der Waals surface area contributed by atoms with E-state index in [0.29, 0.717) is 17.0 Å². The molecule has 0 spiro atoms. The number of hydrogen-bond donors (Lipinski definition) is 2. The minimum Gasteiger partial charge on any atom is -0.477 e. The van der Waals surface area contributed by atoms with Crippen molar-refractivity contribution in [3.8, 4) is 0 Å². The number of carboxylic acids is 1. The molecular weight excluding hydrogens is 326 g/mol. The number of nitrogens with zero attached hydrogens (tertiary/aromatic N) is 1. The first kappa shape index (κ1) is 15.5. The molecule has 2 aromatic rings. The van der Waals surface area contributed by atoms with Gasteiger partial charge in [0.05, 0.1) is 5.51 Å². The molecule has 1 aromatic heterocycles. The zero-order chi connectivity index (χ0) is 15.6. The normalized spacial score (nSPS) is 11.5. The molecule has 0 aliphatic rings. The Morgan fingerprint density at radius 2 is 2.10 bits per heavy atom. The number of aromatic nitrogens is 1. The lowest BCUT2D eigenvalue weighted by Crippen LogP contribution is -2.25. The van der Waals surface area contributed by atoms with Crippen LogP contribution < -0.4 is 4.72 Å². The van der Waals surface area contributed by atoms with Crippen molar-refractivity contribution in [1.29, 1.82) is 0 Å². The van der Waals surface area contributed by atoms with Crippen LogP contribution in [0.5, 0.6) is 0 Å². The first-order valence-electron chi connectivity index (χ1n) is 5.41. The van der Waals surface area contributed by atoms with E-state index in [4.69, 9.17) is 5.11 Å². The van der Waals surface area contributed by atoms with Crippen LogP contribution in [0.15, 0.2) is 28.7 Å². The van der Waals surface area contributed by atoms with Crippen molar-refractivity contribution in [1.82, 2.24) is 9.71 Å². The van der Waals surface area contributed by atoms with Crippen LogP contribution in [0.4, 0.5) is 8.78 Å². The van der Waals surface area contributed by atoms with E-state index >= 15 is 0 Å². The van der Waals surface area contributed by atoms with Gasteiger partial charge in [0.2, 0.25) is 10.0 Å². The Kier molecular flexibility index (Phi) is 4.30. The fourth-order valence-electron chi connectivity index (χ4n) is 1.51. The number of nitrogens with one attached hydrogen (secondary N) is 1. The monoisotopic (exact) mass is 334 g/mol. The van der Waals surface area contributed by atoms with E-state index < -0.39 is 38.1 Å². The molecule has 0 radical (unpaired) electrons. The molecule has 1 aromatic carbocycles. The van der Waals surface area contributed by atoms with Crippen LogP contribution in [0.25, 0.3) is 0 Å². The second kappa shape index (κ2) is 5.84. The summed E-state index contributed by atoms with van der Waals surface area (Å²) < 4.78 is 53.1. The van der Waals surface area contributed by atoms with Gasteiger partial charge in [-0.25, -0.2) is 26.7 Å². The Bertz CT molecular complexity index is 776. The van der Waals surface area contributed by atoms with Crippen LogP contribution in [0.2, 0.25) is 0 Å². The molecule has 6 nitrogen and oxygen atoms in total. The molecule has 2 rings (SSSR count). The van der Waals surface area contributed by atoms with Crippen molar-refractivity contribution in [2.45, 2.75) is 11.4 Å². The van der Waals surface area contributed by atoms with Gasteiger partial charge in [-0.05, 0) is 12.1 Å². The maximum atomic E-state index is 13.9. The standard InChI is InChI=1S/C11H8F2N2O4S2/c12-7-1-2-8(10(13)9(7)11(16)17)21(18,19)15-4-6-3-14-5-20-6/h1-3,5,15H,4H2,(H,16,17). The predicted octanol–water partition coefficient (Wildman–Crippen LogP) is 1.60. The molecule has 0 saturated carbocycles. The second-order valence-corrected chi connectivity index (χ2v) is 6.54. The van der Waals surface area contributed by atoms with Crippen LogP contribution in [-0.4, -0.2) is 24.5 Å². The van der Waals surface area contributed by atoms with E-state index in [1.807, 2.05) is 0 Å². The molecule has 0 aliphatic carbocycles. The number of aromatic carboxylic acids is 1. The van der Waals surface area contributed by atoms with Gasteiger partial charge in [0.15, 0.2) is 5.82 Å². The molecule has 0 aliphatic heterocycles. The summed E-state index contributed by atoms with van der Waals surface area (Å²) in [6.07, 6.45) is 1.43. The Labute approximate surface area is 122 Å². The summed E-state index contributed by atoms with van der Waals surface area (Å²) in [5.41, 5.74) is 0.181. The lowest BCUT2D eigenvalue weighted by atomic mass is 10.2. The van der Waals surface area contributed by atoms with E-state index in [-0.39, 0.29) is 6.54 Å². The summed E-state index contributed by atoms with van der Waals surface area (Å²) in [7, 11) is -4.32. The lowest BCUT2D eigenvalue weighted by Gasteiger charge is -2.08. The Morgan fingerprint density at radius 3 is 2.67 bits per heavy atom. The van der Waals surface area contributed by atoms with E-state index in [2.05, 4.69) is 9.71 Å². The number of rotatable bonds is 5. The molecule has 0 fully saturated rings. The zero-order valence-corrected chi connectivity index (χ0v) is 11.8. The minimum atomic E-state index is -4.32. The first-order valence-corrected chi connectivity index (χ1v) is 7.77. The van der Waals surface area contributed by atoms with Crippen molar-refractivity contribution in [3.05, 3.63) is 45.9 Å². The van der Waals surface area contributed by atoms with E-state index in [1.54, 1.807) is 0 Å². The summed E-state index contributed by atoms with van der Waals surface area (Å²) in [5.74, 6) is -4.87. The van der Waals surface area contributed by atoms with Crippen molar-refractivity contribution < 1.29 is 27.1 Å². The van der Waals surface area contributed by atoms with Crippen LogP contribution in [-0.2, 0) is 16.6 Å². The smallest absolute Gasteiger partial charge is 0.341 e. The van der Waals surface area contributed by atoms with Crippen molar-refractivity contribution in [3.63, 3.8) is 0 Å². The van der Waals surface area contributed by atoms with Crippen LogP contribution in [0, 0.1) is 11.6 Å². The number of sulfonamides is 1. The third-order valence-electron chi connectivity index (χ3n) is 2.48. The molecule has 2 N–H and O–H groups in total. The Hall–Kier alpha value is -1.91. The highest BCUT2D eigenvalue weighted by Crippen LogP contribution is 2.21. The molecular formula is C11H8F2N2O4S2. The highest BCUT2D eigenvalue weighted by atomic mass is 32.2. The predicted molar refractivity (Wildman–Crippen MR) is 69.5 cm³/mol. The highest BCUT2D eigenvalue weighted by molar-refractivity contribution is 7.89. The molecule has 21 heavy (non-hydrogen) atoms. The van der Waals surface area contributed by atoms with Gasteiger partial charge in [0, 0.05) is 17.6 Å². The SMILES string of the molecule is O=C(O)c1c(F)ccc(S(=O)(=O)NCc2cncs2)c1F. The third kappa shape index (κ3) is 3.23. The number of carboxylic acid groups (broad SMARTS) is 1.